The highest BCUT2D eigenvalue weighted by Crippen LogP contribution is 2.39. The van der Waals surface area contributed by atoms with E-state index in [9.17, 15) is 24.0 Å². The van der Waals surface area contributed by atoms with Gasteiger partial charge in [0.1, 0.15) is 6.04 Å². The predicted molar refractivity (Wildman–Crippen MR) is 110 cm³/mol. The number of piperidine rings is 1. The van der Waals surface area contributed by atoms with E-state index in [0.29, 0.717) is 43.0 Å². The van der Waals surface area contributed by atoms with Gasteiger partial charge in [0.15, 0.2) is 0 Å². The zero-order valence-corrected chi connectivity index (χ0v) is 17.4. The molecular formula is C21H27N5O5. The van der Waals surface area contributed by atoms with E-state index in [1.807, 2.05) is 6.92 Å². The van der Waals surface area contributed by atoms with E-state index in [0.717, 1.165) is 12.8 Å². The Morgan fingerprint density at radius 2 is 1.94 bits per heavy atom. The zero-order chi connectivity index (χ0) is 22.1. The maximum Gasteiger partial charge on any atom is 0.322 e. The van der Waals surface area contributed by atoms with E-state index in [4.69, 9.17) is 0 Å². The first-order valence-electron chi connectivity index (χ1n) is 10.8. The quantitative estimate of drug-likeness (QED) is 0.473. The van der Waals surface area contributed by atoms with Crippen LogP contribution in [0.15, 0.2) is 16.9 Å². The van der Waals surface area contributed by atoms with E-state index in [-0.39, 0.29) is 35.9 Å². The third kappa shape index (κ3) is 4.78. The molecule has 1 aromatic heterocycles. The minimum atomic E-state index is -0.832. The van der Waals surface area contributed by atoms with Gasteiger partial charge in [0.05, 0.1) is 6.42 Å². The number of aromatic amines is 1. The lowest BCUT2D eigenvalue weighted by molar-refractivity contribution is -0.138. The molecule has 3 atom stereocenters. The number of hydrogen-bond donors (Lipinski definition) is 4. The van der Waals surface area contributed by atoms with Crippen molar-refractivity contribution >= 4 is 23.8 Å². The number of aryl methyl sites for hydroxylation is 1. The Balaban J connectivity index is 1.39. The molecule has 10 nitrogen and oxygen atoms in total. The van der Waals surface area contributed by atoms with Gasteiger partial charge in [-0.2, -0.15) is 0 Å². The lowest BCUT2D eigenvalue weighted by Gasteiger charge is -2.40. The molecule has 3 unspecified atom stereocenters. The maximum atomic E-state index is 12.9. The second kappa shape index (κ2) is 8.52. The molecule has 3 fully saturated rings. The maximum absolute atomic E-state index is 12.9. The van der Waals surface area contributed by atoms with Crippen molar-refractivity contribution in [1.82, 2.24) is 25.8 Å². The number of H-pyrrole nitrogens is 1. The van der Waals surface area contributed by atoms with E-state index >= 15 is 0 Å². The summed E-state index contributed by atoms with van der Waals surface area (Å²) < 4.78 is 0. The highest BCUT2D eigenvalue weighted by molar-refractivity contribution is 6.05. The van der Waals surface area contributed by atoms with E-state index in [1.165, 1.54) is 6.07 Å². The summed E-state index contributed by atoms with van der Waals surface area (Å²) in [7, 11) is 0. The highest BCUT2D eigenvalue weighted by atomic mass is 16.2. The van der Waals surface area contributed by atoms with Crippen LogP contribution in [0.3, 0.4) is 0 Å². The molecule has 0 aromatic carbocycles. The molecule has 31 heavy (non-hydrogen) atoms. The van der Waals surface area contributed by atoms with Gasteiger partial charge in [-0.1, -0.05) is 6.92 Å². The molecule has 2 saturated heterocycles. The summed E-state index contributed by atoms with van der Waals surface area (Å²) in [6.07, 6.45) is 3.85. The average molecular weight is 429 g/mol. The molecule has 1 aromatic rings. The number of carbonyl (C=O) groups is 4. The zero-order valence-electron chi connectivity index (χ0n) is 17.4. The number of hydrogen-bond acceptors (Lipinski definition) is 5. The summed E-state index contributed by atoms with van der Waals surface area (Å²) in [6, 6.07) is 1.48. The van der Waals surface area contributed by atoms with Crippen LogP contribution in [-0.4, -0.2) is 58.3 Å². The Bertz CT molecular complexity index is 969. The summed E-state index contributed by atoms with van der Waals surface area (Å²) in [5, 5.41) is 7.64. The molecule has 3 aliphatic rings. The molecule has 0 spiro atoms. The molecule has 10 heteroatoms. The van der Waals surface area contributed by atoms with Gasteiger partial charge in [0, 0.05) is 36.0 Å². The van der Waals surface area contributed by atoms with E-state index in [2.05, 4.69) is 20.9 Å². The number of nitrogens with one attached hydrogen (secondary N) is 4. The normalized spacial score (nSPS) is 25.7. The topological polar surface area (TPSA) is 140 Å². The first-order chi connectivity index (χ1) is 14.8. The SMILES string of the molecule is CCc1cc(C(=O)NC2CCN(C(=O)CC3NC(=O)NC3=O)C(C3CC3)C2)cc(=O)[nH]1. The smallest absolute Gasteiger partial charge is 0.322 e. The summed E-state index contributed by atoms with van der Waals surface area (Å²) in [5.41, 5.74) is 0.742. The number of pyridine rings is 1. The summed E-state index contributed by atoms with van der Waals surface area (Å²) in [6.45, 7) is 2.38. The van der Waals surface area contributed by atoms with Gasteiger partial charge in [0.2, 0.25) is 11.5 Å². The molecule has 1 aliphatic carbocycles. The van der Waals surface area contributed by atoms with Crippen molar-refractivity contribution < 1.29 is 19.2 Å². The van der Waals surface area contributed by atoms with Crippen molar-refractivity contribution in [2.45, 2.75) is 63.6 Å². The first kappa shape index (κ1) is 21.1. The van der Waals surface area contributed by atoms with Crippen molar-refractivity contribution in [1.29, 1.82) is 0 Å². The number of rotatable bonds is 6. The van der Waals surface area contributed by atoms with Crippen LogP contribution in [0, 0.1) is 5.92 Å². The lowest BCUT2D eigenvalue weighted by Crippen LogP contribution is -2.53. The second-order valence-corrected chi connectivity index (χ2v) is 8.52. The fourth-order valence-corrected chi connectivity index (χ4v) is 4.45. The number of carbonyl (C=O) groups excluding carboxylic acids is 4. The summed E-state index contributed by atoms with van der Waals surface area (Å²) in [4.78, 5) is 65.0. The van der Waals surface area contributed by atoms with Gasteiger partial charge in [-0.25, -0.2) is 4.79 Å². The van der Waals surface area contributed by atoms with Crippen molar-refractivity contribution in [3.63, 3.8) is 0 Å². The molecule has 0 bridgehead atoms. The molecule has 3 heterocycles. The van der Waals surface area contributed by atoms with Crippen LogP contribution in [0.1, 0.15) is 55.1 Å². The Hall–Kier alpha value is -3.17. The van der Waals surface area contributed by atoms with Gasteiger partial charge >= 0.3 is 6.03 Å². The van der Waals surface area contributed by atoms with Crippen molar-refractivity contribution in [3.05, 3.63) is 33.7 Å². The number of nitrogens with zero attached hydrogens (tertiary/aromatic N) is 1. The Morgan fingerprint density at radius 1 is 1.16 bits per heavy atom. The van der Waals surface area contributed by atoms with Crippen LogP contribution in [0.5, 0.6) is 0 Å². The van der Waals surface area contributed by atoms with Gasteiger partial charge in [-0.3, -0.25) is 24.5 Å². The molecule has 166 valence electrons. The van der Waals surface area contributed by atoms with Gasteiger partial charge in [-0.05, 0) is 44.1 Å². The van der Waals surface area contributed by atoms with Crippen LogP contribution in [0.4, 0.5) is 4.79 Å². The van der Waals surface area contributed by atoms with Crippen LogP contribution >= 0.6 is 0 Å². The standard InChI is InChI=1S/C21H27N5O5/c1-2-13-7-12(8-17(27)22-13)19(29)23-14-5-6-26(16(9-14)11-3-4-11)18(28)10-15-20(30)25-21(31)24-15/h7-8,11,14-16H,2-6,9-10H2,1H3,(H,22,27)(H,23,29)(H2,24,25,30,31). The number of aromatic nitrogens is 1. The lowest BCUT2D eigenvalue weighted by atomic mass is 9.92. The third-order valence-corrected chi connectivity index (χ3v) is 6.25. The predicted octanol–water partition coefficient (Wildman–Crippen LogP) is 0.0348. The van der Waals surface area contributed by atoms with Crippen LogP contribution in [0.2, 0.25) is 0 Å². The number of urea groups is 1. The van der Waals surface area contributed by atoms with Crippen molar-refractivity contribution in [2.75, 3.05) is 6.54 Å². The minimum absolute atomic E-state index is 0.00269. The fourth-order valence-electron chi connectivity index (χ4n) is 4.45. The van der Waals surface area contributed by atoms with E-state index in [1.54, 1.807) is 11.0 Å². The average Bonchev–Trinajstić information content (AvgIpc) is 3.53. The molecule has 4 rings (SSSR count). The minimum Gasteiger partial charge on any atom is -0.349 e. The van der Waals surface area contributed by atoms with Crippen LogP contribution in [-0.2, 0) is 16.0 Å². The molecule has 0 radical (unpaired) electrons. The van der Waals surface area contributed by atoms with Crippen LogP contribution in [0.25, 0.3) is 0 Å². The molecule has 1 saturated carbocycles. The molecule has 5 amide bonds. The van der Waals surface area contributed by atoms with Crippen molar-refractivity contribution in [3.8, 4) is 0 Å². The summed E-state index contributed by atoms with van der Waals surface area (Å²) in [5.74, 6) is -0.536. The summed E-state index contributed by atoms with van der Waals surface area (Å²) >= 11 is 0. The Labute approximate surface area is 179 Å². The third-order valence-electron chi connectivity index (χ3n) is 6.25. The van der Waals surface area contributed by atoms with Crippen LogP contribution < -0.4 is 21.5 Å². The number of imide groups is 1. The van der Waals surface area contributed by atoms with Crippen molar-refractivity contribution in [2.24, 2.45) is 5.92 Å². The van der Waals surface area contributed by atoms with Gasteiger partial charge in [0.25, 0.3) is 11.8 Å². The fraction of sp³-hybridized carbons (Fsp3) is 0.571. The monoisotopic (exact) mass is 429 g/mol. The largest absolute Gasteiger partial charge is 0.349 e. The van der Waals surface area contributed by atoms with Gasteiger partial charge < -0.3 is 20.5 Å². The highest BCUT2D eigenvalue weighted by Gasteiger charge is 2.43. The molecular weight excluding hydrogens is 402 g/mol. The van der Waals surface area contributed by atoms with E-state index < -0.39 is 18.0 Å². The molecule has 4 N–H and O–H groups in total. The first-order valence-corrected chi connectivity index (χ1v) is 10.8. The Kier molecular flexibility index (Phi) is 5.79. The number of amides is 5. The number of likely N-dealkylation sites (tertiary alicyclic amines) is 1. The Morgan fingerprint density at radius 3 is 2.58 bits per heavy atom. The molecule has 2 aliphatic heterocycles. The second-order valence-electron chi connectivity index (χ2n) is 8.52. The van der Waals surface area contributed by atoms with Gasteiger partial charge in [-0.15, -0.1) is 0 Å².